The molecule has 0 aliphatic heterocycles. The Morgan fingerprint density at radius 2 is 1.67 bits per heavy atom. The van der Waals surface area contributed by atoms with Gasteiger partial charge in [0.05, 0.1) is 5.75 Å². The van der Waals surface area contributed by atoms with Gasteiger partial charge in [0.15, 0.2) is 11.0 Å². The molecular formula is C19H16ClN5OS. The second-order valence-corrected chi connectivity index (χ2v) is 7.09. The third-order valence-electron chi connectivity index (χ3n) is 3.89. The first-order chi connectivity index (χ1) is 13.2. The molecule has 0 saturated heterocycles. The van der Waals surface area contributed by atoms with E-state index < -0.39 is 0 Å². The van der Waals surface area contributed by atoms with Gasteiger partial charge in [-0.3, -0.25) is 4.57 Å². The molecule has 27 heavy (non-hydrogen) atoms. The second kappa shape index (κ2) is 7.94. The highest BCUT2D eigenvalue weighted by Gasteiger charge is 2.17. The van der Waals surface area contributed by atoms with Crippen molar-refractivity contribution in [1.82, 2.24) is 25.0 Å². The molecule has 0 N–H and O–H groups in total. The van der Waals surface area contributed by atoms with E-state index in [1.54, 1.807) is 0 Å². The van der Waals surface area contributed by atoms with Gasteiger partial charge in [0.25, 0.3) is 0 Å². The maximum atomic E-state index is 6.02. The fourth-order valence-corrected chi connectivity index (χ4v) is 3.49. The summed E-state index contributed by atoms with van der Waals surface area (Å²) in [7, 11) is 0. The van der Waals surface area contributed by atoms with E-state index in [-0.39, 0.29) is 0 Å². The van der Waals surface area contributed by atoms with Gasteiger partial charge in [-0.25, -0.2) is 0 Å². The number of hydrogen-bond donors (Lipinski definition) is 0. The van der Waals surface area contributed by atoms with Crippen LogP contribution < -0.4 is 0 Å². The highest BCUT2D eigenvalue weighted by Crippen LogP contribution is 2.30. The fourth-order valence-electron chi connectivity index (χ4n) is 2.58. The average Bonchev–Trinajstić information content (AvgIpc) is 3.34. The second-order valence-electron chi connectivity index (χ2n) is 5.72. The molecule has 6 nitrogen and oxygen atoms in total. The Labute approximate surface area is 165 Å². The van der Waals surface area contributed by atoms with Crippen molar-refractivity contribution in [3.05, 3.63) is 71.4 Å². The van der Waals surface area contributed by atoms with E-state index in [1.165, 1.54) is 11.8 Å². The molecule has 0 amide bonds. The van der Waals surface area contributed by atoms with E-state index >= 15 is 0 Å². The Hall–Kier alpha value is -2.64. The van der Waals surface area contributed by atoms with Crippen molar-refractivity contribution in [2.45, 2.75) is 24.3 Å². The molecule has 0 saturated carbocycles. The quantitative estimate of drug-likeness (QED) is 0.434. The average molecular weight is 398 g/mol. The van der Waals surface area contributed by atoms with E-state index in [9.17, 15) is 0 Å². The normalized spacial score (nSPS) is 11.0. The maximum absolute atomic E-state index is 6.02. The lowest BCUT2D eigenvalue weighted by molar-refractivity contribution is 0.470. The first kappa shape index (κ1) is 17.8. The molecule has 0 spiro atoms. The summed E-state index contributed by atoms with van der Waals surface area (Å²) in [5.74, 6) is 2.49. The zero-order valence-corrected chi connectivity index (χ0v) is 16.1. The van der Waals surface area contributed by atoms with Gasteiger partial charge in [-0.1, -0.05) is 48.5 Å². The smallest absolute Gasteiger partial charge is 0.226 e. The van der Waals surface area contributed by atoms with Crippen LogP contribution >= 0.6 is 23.4 Å². The molecule has 0 unspecified atom stereocenters. The van der Waals surface area contributed by atoms with E-state index in [1.807, 2.05) is 66.1 Å². The zero-order valence-electron chi connectivity index (χ0n) is 14.5. The number of benzene rings is 2. The molecule has 0 aliphatic rings. The highest BCUT2D eigenvalue weighted by atomic mass is 35.5. The number of nitrogens with zero attached hydrogens (tertiary/aromatic N) is 5. The summed E-state index contributed by atoms with van der Waals surface area (Å²) in [5.41, 5.74) is 1.92. The number of hydrogen-bond acceptors (Lipinski definition) is 6. The summed E-state index contributed by atoms with van der Waals surface area (Å²) in [5, 5.41) is 18.3. The lowest BCUT2D eigenvalue weighted by atomic mass is 10.2. The zero-order chi connectivity index (χ0) is 18.6. The summed E-state index contributed by atoms with van der Waals surface area (Å²) < 4.78 is 7.61. The molecule has 4 aromatic rings. The Bertz CT molecular complexity index is 1030. The summed E-state index contributed by atoms with van der Waals surface area (Å²) in [4.78, 5) is 0. The lowest BCUT2D eigenvalue weighted by Gasteiger charge is -2.10. The Kier molecular flexibility index (Phi) is 5.22. The Balaban J connectivity index is 1.69. The van der Waals surface area contributed by atoms with Crippen LogP contribution in [0.25, 0.3) is 17.1 Å². The standard InChI is InChI=1S/C19H16ClN5OS/c1-2-16-21-22-17(26-16)12-27-19-24-23-18(13-8-10-14(20)11-9-13)25(19)15-6-4-3-5-7-15/h3-11H,2,12H2,1H3. The van der Waals surface area contributed by atoms with Crippen LogP contribution in [0.5, 0.6) is 0 Å². The van der Waals surface area contributed by atoms with Crippen molar-refractivity contribution in [3.8, 4) is 17.1 Å². The highest BCUT2D eigenvalue weighted by molar-refractivity contribution is 7.98. The topological polar surface area (TPSA) is 69.6 Å². The van der Waals surface area contributed by atoms with Crippen LogP contribution in [0.2, 0.25) is 5.02 Å². The maximum Gasteiger partial charge on any atom is 0.226 e. The van der Waals surface area contributed by atoms with Crippen LogP contribution in [0.3, 0.4) is 0 Å². The molecule has 0 radical (unpaired) electrons. The number of rotatable bonds is 6. The van der Waals surface area contributed by atoms with Crippen LogP contribution in [-0.2, 0) is 12.2 Å². The van der Waals surface area contributed by atoms with Gasteiger partial charge < -0.3 is 4.42 Å². The van der Waals surface area contributed by atoms with E-state index in [0.717, 1.165) is 28.7 Å². The molecular weight excluding hydrogens is 382 g/mol. The number of thioether (sulfide) groups is 1. The number of aryl methyl sites for hydroxylation is 1. The van der Waals surface area contributed by atoms with E-state index in [4.69, 9.17) is 16.0 Å². The van der Waals surface area contributed by atoms with Gasteiger partial charge in [0.1, 0.15) is 0 Å². The Morgan fingerprint density at radius 3 is 2.37 bits per heavy atom. The van der Waals surface area contributed by atoms with Gasteiger partial charge in [-0.2, -0.15) is 0 Å². The van der Waals surface area contributed by atoms with Crippen LogP contribution in [0, 0.1) is 0 Å². The molecule has 0 fully saturated rings. The van der Waals surface area contributed by atoms with E-state index in [0.29, 0.717) is 22.6 Å². The van der Waals surface area contributed by atoms with Crippen LogP contribution in [0.1, 0.15) is 18.7 Å². The molecule has 2 heterocycles. The molecule has 136 valence electrons. The van der Waals surface area contributed by atoms with Gasteiger partial charge in [-0.05, 0) is 36.4 Å². The minimum absolute atomic E-state index is 0.526. The van der Waals surface area contributed by atoms with Crippen LogP contribution in [0.4, 0.5) is 0 Å². The van der Waals surface area contributed by atoms with Crippen molar-refractivity contribution < 1.29 is 4.42 Å². The van der Waals surface area contributed by atoms with Gasteiger partial charge >= 0.3 is 0 Å². The molecule has 8 heteroatoms. The summed E-state index contributed by atoms with van der Waals surface area (Å²) in [6.45, 7) is 1.98. The summed E-state index contributed by atoms with van der Waals surface area (Å²) in [6.07, 6.45) is 0.721. The van der Waals surface area contributed by atoms with Crippen molar-refractivity contribution >= 4 is 23.4 Å². The fraction of sp³-hybridized carbons (Fsp3) is 0.158. The van der Waals surface area contributed by atoms with Gasteiger partial charge in [0, 0.05) is 22.7 Å². The van der Waals surface area contributed by atoms with Crippen molar-refractivity contribution in [3.63, 3.8) is 0 Å². The summed E-state index contributed by atoms with van der Waals surface area (Å²) in [6, 6.07) is 17.6. The first-order valence-electron chi connectivity index (χ1n) is 8.45. The lowest BCUT2D eigenvalue weighted by Crippen LogP contribution is -1.99. The minimum atomic E-state index is 0.526. The molecule has 4 rings (SSSR count). The number of halogens is 1. The van der Waals surface area contributed by atoms with Crippen LogP contribution in [0.15, 0.2) is 64.2 Å². The monoisotopic (exact) mass is 397 g/mol. The largest absolute Gasteiger partial charge is 0.424 e. The first-order valence-corrected chi connectivity index (χ1v) is 9.82. The third-order valence-corrected chi connectivity index (χ3v) is 5.05. The predicted molar refractivity (Wildman–Crippen MR) is 105 cm³/mol. The molecule has 0 bridgehead atoms. The summed E-state index contributed by atoms with van der Waals surface area (Å²) >= 11 is 7.53. The minimum Gasteiger partial charge on any atom is -0.424 e. The SMILES string of the molecule is CCc1nnc(CSc2nnc(-c3ccc(Cl)cc3)n2-c2ccccc2)o1. The van der Waals surface area contributed by atoms with Gasteiger partial charge in [0.2, 0.25) is 11.8 Å². The molecule has 2 aromatic carbocycles. The van der Waals surface area contributed by atoms with Gasteiger partial charge in [-0.15, -0.1) is 20.4 Å². The van der Waals surface area contributed by atoms with Crippen molar-refractivity contribution in [1.29, 1.82) is 0 Å². The van der Waals surface area contributed by atoms with Crippen LogP contribution in [-0.4, -0.2) is 25.0 Å². The third kappa shape index (κ3) is 3.89. The van der Waals surface area contributed by atoms with E-state index in [2.05, 4.69) is 20.4 Å². The number of aromatic nitrogens is 5. The molecule has 0 atom stereocenters. The molecule has 0 aliphatic carbocycles. The molecule has 2 aromatic heterocycles. The predicted octanol–water partition coefficient (Wildman–Crippen LogP) is 4.83. The van der Waals surface area contributed by atoms with Crippen molar-refractivity contribution in [2.75, 3.05) is 0 Å². The number of para-hydroxylation sites is 1. The van der Waals surface area contributed by atoms with Crippen molar-refractivity contribution in [2.24, 2.45) is 0 Å². The Morgan fingerprint density at radius 1 is 0.926 bits per heavy atom.